The summed E-state index contributed by atoms with van der Waals surface area (Å²) in [6, 6.07) is 16.2. The fourth-order valence-electron chi connectivity index (χ4n) is 3.55. The Labute approximate surface area is 213 Å². The molecule has 4 rings (SSSR count). The molecule has 1 heterocycles. The highest BCUT2D eigenvalue weighted by Crippen LogP contribution is 2.33. The van der Waals surface area contributed by atoms with Gasteiger partial charge in [-0.05, 0) is 72.2 Å². The molecule has 35 heavy (non-hydrogen) atoms. The fraction of sp³-hybridized carbons (Fsp3) is 0.192. The number of aromatic nitrogens is 1. The summed E-state index contributed by atoms with van der Waals surface area (Å²) in [5, 5.41) is 6.14. The summed E-state index contributed by atoms with van der Waals surface area (Å²) in [5.41, 5.74) is 4.20. The molecule has 0 aliphatic heterocycles. The molecule has 0 fully saturated rings. The van der Waals surface area contributed by atoms with Crippen molar-refractivity contribution in [2.75, 3.05) is 19.5 Å². The van der Waals surface area contributed by atoms with Gasteiger partial charge in [-0.25, -0.2) is 4.98 Å². The van der Waals surface area contributed by atoms with Crippen LogP contribution < -0.4 is 20.1 Å². The molecule has 0 saturated heterocycles. The van der Waals surface area contributed by atoms with Gasteiger partial charge in [-0.1, -0.05) is 31.5 Å². The summed E-state index contributed by atoms with van der Waals surface area (Å²) >= 11 is 11.4. The van der Waals surface area contributed by atoms with E-state index in [4.69, 9.17) is 37.7 Å². The number of rotatable bonds is 6. The molecule has 1 amide bonds. The summed E-state index contributed by atoms with van der Waals surface area (Å²) in [6.45, 7) is 4.27. The lowest BCUT2D eigenvalue weighted by atomic mass is 10.0. The zero-order chi connectivity index (χ0) is 25.1. The van der Waals surface area contributed by atoms with Crippen LogP contribution in [-0.4, -0.2) is 30.2 Å². The van der Waals surface area contributed by atoms with E-state index in [1.165, 1.54) is 18.7 Å². The highest BCUT2D eigenvalue weighted by atomic mass is 35.5. The van der Waals surface area contributed by atoms with Crippen LogP contribution in [0.25, 0.3) is 22.6 Å². The zero-order valence-corrected chi connectivity index (χ0v) is 21.2. The number of amides is 1. The Morgan fingerprint density at radius 2 is 1.77 bits per heavy atom. The number of nitrogens with zero attached hydrogens (tertiary/aromatic N) is 1. The number of carbonyl (C=O) groups is 1. The zero-order valence-electron chi connectivity index (χ0n) is 19.6. The number of methoxy groups -OCH3 is 2. The van der Waals surface area contributed by atoms with Crippen LogP contribution >= 0.6 is 23.8 Å². The maximum atomic E-state index is 12.8. The van der Waals surface area contributed by atoms with Crippen molar-refractivity contribution in [1.29, 1.82) is 0 Å². The predicted molar refractivity (Wildman–Crippen MR) is 142 cm³/mol. The molecule has 0 saturated carbocycles. The minimum absolute atomic E-state index is 0.0756. The van der Waals surface area contributed by atoms with Gasteiger partial charge in [-0.15, -0.1) is 0 Å². The van der Waals surface area contributed by atoms with Crippen LogP contribution in [0, 0.1) is 0 Å². The minimum Gasteiger partial charge on any atom is -0.496 e. The number of halogens is 1. The summed E-state index contributed by atoms with van der Waals surface area (Å²) in [4.78, 5) is 17.4. The van der Waals surface area contributed by atoms with Crippen LogP contribution in [0.4, 0.5) is 5.69 Å². The van der Waals surface area contributed by atoms with E-state index < -0.39 is 5.91 Å². The lowest BCUT2D eigenvalue weighted by Gasteiger charge is -2.14. The normalized spacial score (nSPS) is 10.9. The van der Waals surface area contributed by atoms with Crippen LogP contribution in [0.2, 0.25) is 5.02 Å². The highest BCUT2D eigenvalue weighted by Gasteiger charge is 2.17. The van der Waals surface area contributed by atoms with Gasteiger partial charge in [0.15, 0.2) is 10.7 Å². The molecule has 9 heteroatoms. The third kappa shape index (κ3) is 5.39. The van der Waals surface area contributed by atoms with Gasteiger partial charge < -0.3 is 19.2 Å². The van der Waals surface area contributed by atoms with Crippen molar-refractivity contribution >= 4 is 51.6 Å². The lowest BCUT2D eigenvalue weighted by molar-refractivity contribution is 0.0974. The van der Waals surface area contributed by atoms with Crippen molar-refractivity contribution in [1.82, 2.24) is 10.3 Å². The largest absolute Gasteiger partial charge is 0.496 e. The second-order valence-corrected chi connectivity index (χ2v) is 8.91. The first-order chi connectivity index (χ1) is 16.8. The van der Waals surface area contributed by atoms with Crippen LogP contribution in [0.5, 0.6) is 11.5 Å². The van der Waals surface area contributed by atoms with Crippen LogP contribution in [0.1, 0.15) is 35.7 Å². The third-order valence-corrected chi connectivity index (χ3v) is 5.85. The first-order valence-corrected chi connectivity index (χ1v) is 11.6. The van der Waals surface area contributed by atoms with Gasteiger partial charge in [-0.2, -0.15) is 0 Å². The number of nitrogens with one attached hydrogen (secondary N) is 2. The van der Waals surface area contributed by atoms with Crippen LogP contribution in [-0.2, 0) is 0 Å². The first-order valence-electron chi connectivity index (χ1n) is 10.8. The van der Waals surface area contributed by atoms with Crippen molar-refractivity contribution in [3.8, 4) is 23.0 Å². The number of ether oxygens (including phenoxy) is 2. The van der Waals surface area contributed by atoms with Gasteiger partial charge in [0.1, 0.15) is 17.0 Å². The minimum atomic E-state index is -0.461. The number of anilines is 1. The standard InChI is InChI=1S/C26H24ClN3O4S/c1-14(2)15-5-9-23-20(11-15)28-25(34-23)16-6-8-22(33-4)19(12-16)29-26(35)30-24(31)18-13-17(27)7-10-21(18)32-3/h5-14H,1-4H3,(H2,29,30,31,35). The van der Waals surface area contributed by atoms with Crippen molar-refractivity contribution in [3.05, 3.63) is 70.7 Å². The van der Waals surface area contributed by atoms with Gasteiger partial charge in [0.25, 0.3) is 5.91 Å². The van der Waals surface area contributed by atoms with Crippen molar-refractivity contribution in [3.63, 3.8) is 0 Å². The van der Waals surface area contributed by atoms with E-state index in [1.807, 2.05) is 24.3 Å². The smallest absolute Gasteiger partial charge is 0.261 e. The van der Waals surface area contributed by atoms with Crippen LogP contribution in [0.3, 0.4) is 0 Å². The Hall–Kier alpha value is -3.62. The van der Waals surface area contributed by atoms with Crippen molar-refractivity contribution in [2.45, 2.75) is 19.8 Å². The number of carbonyl (C=O) groups excluding carboxylic acids is 1. The maximum absolute atomic E-state index is 12.8. The molecule has 3 aromatic carbocycles. The molecule has 1 aromatic heterocycles. The number of benzene rings is 3. The van der Waals surface area contributed by atoms with Gasteiger partial charge in [0.05, 0.1) is 25.5 Å². The number of thiocarbonyl (C=S) groups is 1. The Kier molecular flexibility index (Phi) is 7.23. The average molecular weight is 510 g/mol. The Balaban J connectivity index is 1.58. The number of hydrogen-bond acceptors (Lipinski definition) is 6. The maximum Gasteiger partial charge on any atom is 0.261 e. The Morgan fingerprint density at radius 3 is 2.49 bits per heavy atom. The van der Waals surface area contributed by atoms with Crippen LogP contribution in [0.15, 0.2) is 59.0 Å². The van der Waals surface area contributed by atoms with E-state index in [1.54, 1.807) is 31.4 Å². The van der Waals surface area contributed by atoms with E-state index in [9.17, 15) is 4.79 Å². The van der Waals surface area contributed by atoms with E-state index in [-0.39, 0.29) is 10.7 Å². The average Bonchev–Trinajstić information content (AvgIpc) is 3.27. The molecule has 0 radical (unpaired) electrons. The number of fused-ring (bicyclic) bond motifs is 1. The predicted octanol–water partition coefficient (Wildman–Crippen LogP) is 6.42. The summed E-state index contributed by atoms with van der Waals surface area (Å²) in [5.74, 6) is 1.30. The van der Waals surface area contributed by atoms with E-state index >= 15 is 0 Å². The first kappa shape index (κ1) is 24.5. The molecule has 7 nitrogen and oxygen atoms in total. The van der Waals surface area contributed by atoms with Gasteiger partial charge in [-0.3, -0.25) is 10.1 Å². The molecule has 0 atom stereocenters. The molecule has 0 bridgehead atoms. The second-order valence-electron chi connectivity index (χ2n) is 8.07. The molecule has 0 unspecified atom stereocenters. The Bertz CT molecular complexity index is 1420. The quantitative estimate of drug-likeness (QED) is 0.290. The molecular formula is C26H24ClN3O4S. The molecular weight excluding hydrogens is 486 g/mol. The van der Waals surface area contributed by atoms with Crippen molar-refractivity contribution < 1.29 is 18.7 Å². The number of hydrogen-bond donors (Lipinski definition) is 2. The fourth-order valence-corrected chi connectivity index (χ4v) is 3.92. The molecule has 180 valence electrons. The lowest BCUT2D eigenvalue weighted by Crippen LogP contribution is -2.34. The highest BCUT2D eigenvalue weighted by molar-refractivity contribution is 7.80. The third-order valence-electron chi connectivity index (χ3n) is 5.41. The summed E-state index contributed by atoms with van der Waals surface area (Å²) < 4.78 is 16.7. The molecule has 0 aliphatic rings. The molecule has 0 spiro atoms. The second kappa shape index (κ2) is 10.3. The van der Waals surface area contributed by atoms with E-state index in [2.05, 4.69) is 29.5 Å². The summed E-state index contributed by atoms with van der Waals surface area (Å²) in [7, 11) is 3.02. The number of oxazole rings is 1. The van der Waals surface area contributed by atoms with Crippen molar-refractivity contribution in [2.24, 2.45) is 0 Å². The molecule has 4 aromatic rings. The van der Waals surface area contributed by atoms with Gasteiger partial charge in [0, 0.05) is 10.6 Å². The van der Waals surface area contributed by atoms with Gasteiger partial charge >= 0.3 is 0 Å². The van der Waals surface area contributed by atoms with Gasteiger partial charge in [0.2, 0.25) is 5.89 Å². The molecule has 0 aliphatic carbocycles. The molecule has 2 N–H and O–H groups in total. The topological polar surface area (TPSA) is 85.6 Å². The van der Waals surface area contributed by atoms with E-state index in [0.717, 1.165) is 11.1 Å². The van der Waals surface area contributed by atoms with E-state index in [0.29, 0.717) is 39.6 Å². The monoisotopic (exact) mass is 509 g/mol. The Morgan fingerprint density at radius 1 is 1.03 bits per heavy atom. The summed E-state index contributed by atoms with van der Waals surface area (Å²) in [6.07, 6.45) is 0. The SMILES string of the molecule is COc1ccc(-c2nc3cc(C(C)C)ccc3o2)cc1NC(=S)NC(=O)c1cc(Cl)ccc1OC.